The van der Waals surface area contributed by atoms with Crippen molar-refractivity contribution < 1.29 is 18.3 Å². The van der Waals surface area contributed by atoms with Gasteiger partial charge in [-0.3, -0.25) is 9.58 Å². The minimum absolute atomic E-state index is 0.0720. The van der Waals surface area contributed by atoms with Crippen molar-refractivity contribution in [2.75, 3.05) is 37.7 Å². The fourth-order valence-corrected chi connectivity index (χ4v) is 5.98. The molecule has 0 unspecified atom stereocenters. The first-order valence-corrected chi connectivity index (χ1v) is 11.6. The highest BCUT2D eigenvalue weighted by Crippen LogP contribution is 2.38. The Bertz CT molecular complexity index is 1080. The summed E-state index contributed by atoms with van der Waals surface area (Å²) in [6.45, 7) is 5.11. The summed E-state index contributed by atoms with van der Waals surface area (Å²) in [5.41, 5.74) is 1.14. The predicted octanol–water partition coefficient (Wildman–Crippen LogP) is 2.94. The van der Waals surface area contributed by atoms with Crippen LogP contribution in [0.1, 0.15) is 16.9 Å². The minimum Gasteiger partial charge on any atom is -0.394 e. The number of halogens is 3. The summed E-state index contributed by atoms with van der Waals surface area (Å²) in [5.74, 6) is 1.81. The van der Waals surface area contributed by atoms with Crippen molar-refractivity contribution >= 4 is 27.4 Å². The van der Waals surface area contributed by atoms with Gasteiger partial charge in [0.05, 0.1) is 31.2 Å². The number of hydrogen-bond acceptors (Lipinski definition) is 7. The quantitative estimate of drug-likeness (QED) is 0.603. The Kier molecular flexibility index (Phi) is 5.81. The van der Waals surface area contributed by atoms with Gasteiger partial charge in [-0.15, -0.1) is 11.3 Å². The predicted molar refractivity (Wildman–Crippen MR) is 116 cm³/mol. The molecule has 0 aliphatic carbocycles. The topological polar surface area (TPSA) is 70.3 Å². The van der Waals surface area contributed by atoms with Gasteiger partial charge >= 0.3 is 6.18 Å². The summed E-state index contributed by atoms with van der Waals surface area (Å²) >= 11 is 1.10. The molecule has 5 rings (SSSR count). The van der Waals surface area contributed by atoms with Crippen molar-refractivity contribution in [1.29, 1.82) is 0 Å². The van der Waals surface area contributed by atoms with Gasteiger partial charge in [0.1, 0.15) is 17.0 Å². The van der Waals surface area contributed by atoms with E-state index < -0.39 is 12.6 Å². The van der Waals surface area contributed by atoms with Gasteiger partial charge in [-0.25, -0.2) is 9.97 Å². The fraction of sp³-hybridized carbons (Fsp3) is 0.571. The van der Waals surface area contributed by atoms with Gasteiger partial charge in [0.25, 0.3) is 0 Å². The maximum Gasteiger partial charge on any atom is 0.393 e. The number of hydrogen-bond donors (Lipinski definition) is 1. The van der Waals surface area contributed by atoms with Crippen LogP contribution >= 0.6 is 11.3 Å². The number of aromatic nitrogens is 4. The molecule has 0 bridgehead atoms. The monoisotopic (exact) mass is 466 g/mol. The summed E-state index contributed by atoms with van der Waals surface area (Å²) in [6.07, 6.45) is 1.23. The molecule has 3 aromatic heterocycles. The summed E-state index contributed by atoms with van der Waals surface area (Å²) in [7, 11) is 0. The molecule has 2 fully saturated rings. The summed E-state index contributed by atoms with van der Waals surface area (Å²) in [4.78, 5) is 14.2. The van der Waals surface area contributed by atoms with E-state index in [9.17, 15) is 13.2 Å². The van der Waals surface area contributed by atoms with E-state index in [-0.39, 0.29) is 11.5 Å². The number of alkyl halides is 3. The highest BCUT2D eigenvalue weighted by atomic mass is 32.1. The molecular formula is C21H25F3N6OS. The lowest BCUT2D eigenvalue weighted by Gasteiger charge is -2.33. The molecule has 32 heavy (non-hydrogen) atoms. The van der Waals surface area contributed by atoms with Crippen LogP contribution < -0.4 is 4.90 Å². The number of aliphatic hydroxyl groups excluding tert-OH is 1. The number of likely N-dealkylation sites (tertiary alicyclic amines) is 1. The molecule has 172 valence electrons. The second kappa shape index (κ2) is 8.60. The Morgan fingerprint density at radius 2 is 2.00 bits per heavy atom. The minimum atomic E-state index is -4.23. The molecule has 1 N–H and O–H groups in total. The van der Waals surface area contributed by atoms with Gasteiger partial charge in [-0.2, -0.15) is 18.3 Å². The Balaban J connectivity index is 1.27. The average molecular weight is 467 g/mol. The third-order valence-corrected chi connectivity index (χ3v) is 7.38. The van der Waals surface area contributed by atoms with Crippen LogP contribution in [0.4, 0.5) is 19.0 Å². The summed E-state index contributed by atoms with van der Waals surface area (Å²) < 4.78 is 40.3. The smallest absolute Gasteiger partial charge is 0.393 e. The molecule has 11 heteroatoms. The number of rotatable bonds is 6. The molecule has 3 aromatic rings. The number of nitrogens with zero attached hydrogens (tertiary/aromatic N) is 6. The first kappa shape index (κ1) is 21.6. The fourth-order valence-electron chi connectivity index (χ4n) is 4.96. The van der Waals surface area contributed by atoms with E-state index in [2.05, 4.69) is 24.9 Å². The van der Waals surface area contributed by atoms with Gasteiger partial charge in [-0.05, 0) is 30.9 Å². The molecule has 0 spiro atoms. The normalized spacial score (nSPS) is 22.1. The highest BCUT2D eigenvalue weighted by molar-refractivity contribution is 7.18. The molecule has 7 nitrogen and oxygen atoms in total. The molecule has 0 radical (unpaired) electrons. The molecule has 2 aliphatic heterocycles. The molecule has 0 amide bonds. The zero-order chi connectivity index (χ0) is 22.3. The third kappa shape index (κ3) is 4.60. The van der Waals surface area contributed by atoms with E-state index in [4.69, 9.17) is 5.11 Å². The van der Waals surface area contributed by atoms with E-state index in [1.165, 1.54) is 6.33 Å². The maximum absolute atomic E-state index is 12.8. The Morgan fingerprint density at radius 3 is 2.81 bits per heavy atom. The standard InChI is InChI=1S/C21H25F3N6OS/c22-21(23,24)6-17-5-18-19(25-13-26-20(18)32-17)29-11-15-1-2-28(10-16(15)12-29)8-14-7-27-30(9-14)3-4-31/h5,7,9,13,15-16,31H,1-4,6,8,10-12H2/t15-,16+/m1/s1. The van der Waals surface area contributed by atoms with Crippen molar-refractivity contribution in [1.82, 2.24) is 24.6 Å². The SMILES string of the molecule is OCCn1cc(CN2CC[C@@H]3CN(c4ncnc5sc(CC(F)(F)F)cc45)C[C@@H]3C2)cn1. The van der Waals surface area contributed by atoms with Gasteiger partial charge in [0, 0.05) is 42.8 Å². The molecule has 0 saturated carbocycles. The number of anilines is 1. The molecule has 5 heterocycles. The molecule has 2 saturated heterocycles. The average Bonchev–Trinajstić information content (AvgIpc) is 3.44. The highest BCUT2D eigenvalue weighted by Gasteiger charge is 2.38. The molecule has 0 aromatic carbocycles. The Hall–Kier alpha value is -2.24. The van der Waals surface area contributed by atoms with Gasteiger partial charge in [0.15, 0.2) is 0 Å². The van der Waals surface area contributed by atoms with Crippen molar-refractivity contribution in [2.45, 2.75) is 32.1 Å². The van der Waals surface area contributed by atoms with Crippen LogP contribution in [0.3, 0.4) is 0 Å². The third-order valence-electron chi connectivity index (χ3n) is 6.34. The summed E-state index contributed by atoms with van der Waals surface area (Å²) in [5, 5.41) is 14.1. The Labute approximate surface area is 187 Å². The van der Waals surface area contributed by atoms with E-state index in [0.717, 1.165) is 67.2 Å². The number of thiophene rings is 1. The van der Waals surface area contributed by atoms with Crippen LogP contribution in [0.2, 0.25) is 0 Å². The Morgan fingerprint density at radius 1 is 1.16 bits per heavy atom. The van der Waals surface area contributed by atoms with Crippen LogP contribution in [-0.4, -0.2) is 68.7 Å². The van der Waals surface area contributed by atoms with E-state index in [0.29, 0.717) is 23.2 Å². The molecule has 2 aliphatic rings. The first-order valence-electron chi connectivity index (χ1n) is 10.8. The van der Waals surface area contributed by atoms with Gasteiger partial charge in [0.2, 0.25) is 0 Å². The van der Waals surface area contributed by atoms with Crippen LogP contribution in [0.15, 0.2) is 24.8 Å². The molecule has 2 atom stereocenters. The molecular weight excluding hydrogens is 441 g/mol. The second-order valence-corrected chi connectivity index (χ2v) is 9.82. The summed E-state index contributed by atoms with van der Waals surface area (Å²) in [6, 6.07) is 1.61. The maximum atomic E-state index is 12.8. The van der Waals surface area contributed by atoms with Crippen molar-refractivity contribution in [2.24, 2.45) is 11.8 Å². The van der Waals surface area contributed by atoms with Gasteiger partial charge < -0.3 is 10.0 Å². The number of piperidine rings is 1. The van der Waals surface area contributed by atoms with E-state index in [1.807, 2.05) is 12.4 Å². The van der Waals surface area contributed by atoms with Crippen molar-refractivity contribution in [3.63, 3.8) is 0 Å². The lowest BCUT2D eigenvalue weighted by atomic mass is 9.88. The number of aliphatic hydroxyl groups is 1. The first-order chi connectivity index (χ1) is 15.4. The van der Waals surface area contributed by atoms with Crippen LogP contribution in [0, 0.1) is 11.8 Å². The van der Waals surface area contributed by atoms with Crippen LogP contribution in [0.25, 0.3) is 10.2 Å². The van der Waals surface area contributed by atoms with E-state index in [1.54, 1.807) is 10.7 Å². The largest absolute Gasteiger partial charge is 0.394 e. The second-order valence-electron chi connectivity index (χ2n) is 8.70. The van der Waals surface area contributed by atoms with Crippen LogP contribution in [0.5, 0.6) is 0 Å². The lowest BCUT2D eigenvalue weighted by Crippen LogP contribution is -2.39. The zero-order valence-corrected chi connectivity index (χ0v) is 18.3. The zero-order valence-electron chi connectivity index (χ0n) is 17.5. The number of fused-ring (bicyclic) bond motifs is 2. The van der Waals surface area contributed by atoms with Crippen molar-refractivity contribution in [3.05, 3.63) is 35.2 Å². The van der Waals surface area contributed by atoms with Crippen LogP contribution in [-0.2, 0) is 19.5 Å². The lowest BCUT2D eigenvalue weighted by molar-refractivity contribution is -0.126. The van der Waals surface area contributed by atoms with E-state index >= 15 is 0 Å². The van der Waals surface area contributed by atoms with Gasteiger partial charge in [-0.1, -0.05) is 0 Å². The van der Waals surface area contributed by atoms with Crippen molar-refractivity contribution in [3.8, 4) is 0 Å².